The van der Waals surface area contributed by atoms with Gasteiger partial charge in [0.2, 0.25) is 0 Å². The molecule has 0 aromatic heterocycles. The molecule has 158 valence electrons. The molecule has 2 rings (SSSR count). The minimum Gasteiger partial charge on any atom is -0.444 e. The molecule has 1 aromatic rings. The third-order valence-corrected chi connectivity index (χ3v) is 11.4. The van der Waals surface area contributed by atoms with Gasteiger partial charge in [-0.2, -0.15) is 13.2 Å². The zero-order valence-corrected chi connectivity index (χ0v) is 19.6. The van der Waals surface area contributed by atoms with E-state index < -0.39 is 25.4 Å². The van der Waals surface area contributed by atoms with E-state index in [4.69, 9.17) is 4.74 Å². The first-order valence-corrected chi connectivity index (χ1v) is 13.6. The van der Waals surface area contributed by atoms with Crippen LogP contribution < -0.4 is 10.1 Å². The Morgan fingerprint density at radius 1 is 1.11 bits per heavy atom. The largest absolute Gasteiger partial charge is 0.444 e. The highest BCUT2D eigenvalue weighted by Crippen LogP contribution is 2.32. The van der Waals surface area contributed by atoms with Crippen LogP contribution in [-0.2, 0) is 10.9 Å². The molecule has 1 amide bonds. The van der Waals surface area contributed by atoms with Crippen molar-refractivity contribution in [2.75, 3.05) is 36.0 Å². The average molecular weight is 481 g/mol. The average Bonchev–Trinajstić information content (AvgIpc) is 2.59. The highest BCUT2D eigenvalue weighted by molar-refractivity contribution is 9.09. The number of carbonyl (C=O) groups excluding carboxylic acids is 1. The number of carbonyl (C=O) groups is 1. The van der Waals surface area contributed by atoms with E-state index in [-0.39, 0.29) is 6.09 Å². The first-order valence-electron chi connectivity index (χ1n) is 9.24. The van der Waals surface area contributed by atoms with Crippen LogP contribution in [0.5, 0.6) is 0 Å². The molecule has 1 aliphatic rings. The number of rotatable bonds is 3. The Labute approximate surface area is 174 Å². The second-order valence-electron chi connectivity index (χ2n) is 8.74. The predicted molar refractivity (Wildman–Crippen MR) is 112 cm³/mol. The van der Waals surface area contributed by atoms with E-state index in [0.29, 0.717) is 36.8 Å². The summed E-state index contributed by atoms with van der Waals surface area (Å²) in [4.78, 5) is 16.4. The topological polar surface area (TPSA) is 32.8 Å². The van der Waals surface area contributed by atoms with Crippen LogP contribution in [0, 0.1) is 0 Å². The number of alkyl halides is 4. The lowest BCUT2D eigenvalue weighted by Crippen LogP contribution is -2.50. The lowest BCUT2D eigenvalue weighted by Gasteiger charge is -2.37. The summed E-state index contributed by atoms with van der Waals surface area (Å²) < 4.78 is 45.7. The fourth-order valence-corrected chi connectivity index (χ4v) is 5.11. The van der Waals surface area contributed by atoms with Crippen LogP contribution in [0.4, 0.5) is 23.7 Å². The number of amides is 1. The Balaban J connectivity index is 2.22. The molecule has 1 heterocycles. The zero-order valence-electron chi connectivity index (χ0n) is 17.0. The first kappa shape index (κ1) is 23.1. The SMILES string of the molecule is CC(C)(C)OC(=O)N1CCN(c2cc(C(F)(F)F)cc([Si](C)(C)CBr)c2)CC1. The molecular weight excluding hydrogens is 453 g/mol. The third-order valence-electron chi connectivity index (χ3n) is 4.66. The van der Waals surface area contributed by atoms with Crippen molar-refractivity contribution in [2.45, 2.75) is 45.6 Å². The number of anilines is 1. The first-order chi connectivity index (χ1) is 12.7. The van der Waals surface area contributed by atoms with Crippen molar-refractivity contribution in [3.05, 3.63) is 23.8 Å². The number of hydrogen-bond acceptors (Lipinski definition) is 3. The van der Waals surface area contributed by atoms with Gasteiger partial charge in [-0.1, -0.05) is 40.3 Å². The molecule has 1 fully saturated rings. The Bertz CT molecular complexity index is 712. The van der Waals surface area contributed by atoms with Gasteiger partial charge in [0.1, 0.15) is 5.60 Å². The van der Waals surface area contributed by atoms with E-state index in [0.717, 1.165) is 5.19 Å². The predicted octanol–water partition coefficient (Wildman–Crippen LogP) is 4.61. The minimum absolute atomic E-state index is 0.385. The van der Waals surface area contributed by atoms with Gasteiger partial charge < -0.3 is 14.5 Å². The monoisotopic (exact) mass is 480 g/mol. The number of hydrogen-bond donors (Lipinski definition) is 0. The van der Waals surface area contributed by atoms with Crippen LogP contribution in [0.2, 0.25) is 13.1 Å². The summed E-state index contributed by atoms with van der Waals surface area (Å²) in [7, 11) is -2.01. The smallest absolute Gasteiger partial charge is 0.416 e. The summed E-state index contributed by atoms with van der Waals surface area (Å²) in [6.07, 6.45) is -4.77. The Kier molecular flexibility index (Phi) is 6.80. The molecule has 1 aromatic carbocycles. The van der Waals surface area contributed by atoms with E-state index in [1.807, 2.05) is 24.1 Å². The van der Waals surface area contributed by atoms with Crippen molar-refractivity contribution in [2.24, 2.45) is 0 Å². The van der Waals surface area contributed by atoms with E-state index in [9.17, 15) is 18.0 Å². The van der Waals surface area contributed by atoms with Crippen LogP contribution in [0.25, 0.3) is 0 Å². The quantitative estimate of drug-likeness (QED) is 0.467. The number of piperazine rings is 1. The molecule has 28 heavy (non-hydrogen) atoms. The molecule has 0 aliphatic carbocycles. The maximum Gasteiger partial charge on any atom is 0.416 e. The maximum absolute atomic E-state index is 13.4. The maximum atomic E-state index is 13.4. The molecular formula is C19H28BrF3N2O2Si. The van der Waals surface area contributed by atoms with Crippen molar-refractivity contribution >= 4 is 41.0 Å². The standard InChI is InChI=1S/C19H28BrF3N2O2Si/c1-18(2,3)27-17(26)25-8-6-24(7-9-25)15-10-14(19(21,22)23)11-16(12-15)28(4,5)13-20/h10-12H,6-9,13H2,1-5H3. The van der Waals surface area contributed by atoms with Crippen LogP contribution >= 0.6 is 15.9 Å². The number of ether oxygens (including phenoxy) is 1. The summed E-state index contributed by atoms with van der Waals surface area (Å²) in [5.41, 5.74) is -0.623. The second-order valence-corrected chi connectivity index (χ2v) is 15.0. The van der Waals surface area contributed by atoms with E-state index in [2.05, 4.69) is 15.9 Å². The van der Waals surface area contributed by atoms with Crippen LogP contribution in [0.3, 0.4) is 0 Å². The highest BCUT2D eigenvalue weighted by atomic mass is 79.9. The fourth-order valence-electron chi connectivity index (χ4n) is 2.90. The fraction of sp³-hybridized carbons (Fsp3) is 0.632. The zero-order chi connectivity index (χ0) is 21.3. The molecule has 1 aliphatic heterocycles. The van der Waals surface area contributed by atoms with Crippen molar-refractivity contribution in [3.63, 3.8) is 0 Å². The van der Waals surface area contributed by atoms with Gasteiger partial charge in [-0.15, -0.1) is 0 Å². The van der Waals surface area contributed by atoms with Crippen molar-refractivity contribution < 1.29 is 22.7 Å². The van der Waals surface area contributed by atoms with Gasteiger partial charge in [-0.25, -0.2) is 4.79 Å². The molecule has 0 spiro atoms. The van der Waals surface area contributed by atoms with Crippen molar-refractivity contribution in [3.8, 4) is 0 Å². The van der Waals surface area contributed by atoms with Gasteiger partial charge >= 0.3 is 12.3 Å². The van der Waals surface area contributed by atoms with Gasteiger partial charge in [0.25, 0.3) is 0 Å². The molecule has 1 saturated heterocycles. The minimum atomic E-state index is -4.39. The summed E-state index contributed by atoms with van der Waals surface area (Å²) in [5.74, 6) is 0. The summed E-state index contributed by atoms with van der Waals surface area (Å²) in [5, 5.41) is 0.767. The molecule has 0 atom stereocenters. The summed E-state index contributed by atoms with van der Waals surface area (Å²) in [6, 6.07) is 4.38. The van der Waals surface area contributed by atoms with Crippen LogP contribution in [0.1, 0.15) is 26.3 Å². The number of nitrogens with zero attached hydrogens (tertiary/aromatic N) is 2. The number of benzene rings is 1. The molecule has 9 heteroatoms. The van der Waals surface area contributed by atoms with E-state index in [1.165, 1.54) is 12.1 Å². The molecule has 4 nitrogen and oxygen atoms in total. The van der Waals surface area contributed by atoms with E-state index in [1.54, 1.807) is 25.7 Å². The number of halogens is 4. The second kappa shape index (κ2) is 8.26. The lowest BCUT2D eigenvalue weighted by atomic mass is 10.1. The van der Waals surface area contributed by atoms with Gasteiger partial charge in [-0.05, 0) is 32.9 Å². The van der Waals surface area contributed by atoms with Gasteiger partial charge in [0.15, 0.2) is 0 Å². The Morgan fingerprint density at radius 3 is 2.14 bits per heavy atom. The Morgan fingerprint density at radius 2 is 1.68 bits per heavy atom. The lowest BCUT2D eigenvalue weighted by molar-refractivity contribution is -0.137. The summed E-state index contributed by atoms with van der Waals surface area (Å²) in [6.45, 7) is 11.3. The molecule has 0 unspecified atom stereocenters. The van der Waals surface area contributed by atoms with E-state index >= 15 is 0 Å². The summed E-state index contributed by atoms with van der Waals surface area (Å²) >= 11 is 3.46. The van der Waals surface area contributed by atoms with Gasteiger partial charge in [0, 0.05) is 36.8 Å². The molecule has 0 radical (unpaired) electrons. The van der Waals surface area contributed by atoms with Crippen molar-refractivity contribution in [1.29, 1.82) is 0 Å². The molecule has 0 saturated carbocycles. The van der Waals surface area contributed by atoms with Crippen molar-refractivity contribution in [1.82, 2.24) is 4.90 Å². The van der Waals surface area contributed by atoms with Crippen LogP contribution in [0.15, 0.2) is 18.2 Å². The Hall–Kier alpha value is -1.22. The van der Waals surface area contributed by atoms with Crippen LogP contribution in [-0.4, -0.2) is 55.8 Å². The molecule has 0 bridgehead atoms. The van der Waals surface area contributed by atoms with Gasteiger partial charge in [-0.3, -0.25) is 0 Å². The third kappa shape index (κ3) is 5.89. The molecule has 0 N–H and O–H groups in total. The normalized spacial score (nSPS) is 16.3. The highest BCUT2D eigenvalue weighted by Gasteiger charge is 2.34. The van der Waals surface area contributed by atoms with Gasteiger partial charge in [0.05, 0.1) is 13.6 Å².